The molecule has 0 radical (unpaired) electrons. The molecule has 0 aromatic heterocycles. The fourth-order valence-electron chi connectivity index (χ4n) is 4.23. The smallest absolute Gasteiger partial charge is 0.744 e. The van der Waals surface area contributed by atoms with Crippen molar-refractivity contribution in [3.05, 3.63) is 41.5 Å². The molecule has 0 aliphatic heterocycles. The van der Waals surface area contributed by atoms with Crippen LogP contribution in [0.2, 0.25) is 0 Å². The molecule has 0 N–H and O–H groups in total. The molecule has 0 bridgehead atoms. The predicted molar refractivity (Wildman–Crippen MR) is 126 cm³/mol. The van der Waals surface area contributed by atoms with Crippen molar-refractivity contribution in [3.8, 4) is 0 Å². The Hall–Kier alpha value is 0.246. The standard InChI is InChI=1S/C26H40O3S.K/c1-3-5-7-9-11-13-15-22-17-18-23(16-14-12-10-8-6-4-2)26-21-24(30(27,28)29)19-20-25(22)26;/h17-21H,3-16H2,1-2H3,(H,27,28,29);/q;+1/p-1. The third-order valence-electron chi connectivity index (χ3n) is 6.06. The molecule has 2 aromatic carbocycles. The van der Waals surface area contributed by atoms with Crippen LogP contribution in [-0.2, 0) is 23.0 Å². The van der Waals surface area contributed by atoms with Crippen LogP contribution in [0.4, 0.5) is 0 Å². The molecule has 2 aromatic rings. The zero-order valence-corrected chi connectivity index (χ0v) is 23.9. The first-order chi connectivity index (χ1) is 14.5. The van der Waals surface area contributed by atoms with E-state index in [-0.39, 0.29) is 56.3 Å². The van der Waals surface area contributed by atoms with Crippen molar-refractivity contribution in [3.63, 3.8) is 0 Å². The van der Waals surface area contributed by atoms with E-state index in [1.54, 1.807) is 6.07 Å². The van der Waals surface area contributed by atoms with Gasteiger partial charge in [-0.15, -0.1) is 0 Å². The van der Waals surface area contributed by atoms with Crippen molar-refractivity contribution in [1.29, 1.82) is 0 Å². The van der Waals surface area contributed by atoms with Crippen molar-refractivity contribution in [2.24, 2.45) is 0 Å². The van der Waals surface area contributed by atoms with E-state index in [1.807, 2.05) is 6.07 Å². The maximum Gasteiger partial charge on any atom is 1.00 e. The molecular formula is C26H39KO3S. The van der Waals surface area contributed by atoms with Gasteiger partial charge in [-0.1, -0.05) is 96.3 Å². The van der Waals surface area contributed by atoms with Crippen LogP contribution in [-0.4, -0.2) is 13.0 Å². The molecule has 0 aliphatic rings. The van der Waals surface area contributed by atoms with Gasteiger partial charge in [-0.2, -0.15) is 0 Å². The number of hydrogen-bond acceptors (Lipinski definition) is 3. The van der Waals surface area contributed by atoms with Crippen LogP contribution in [0.15, 0.2) is 35.2 Å². The third kappa shape index (κ3) is 10.4. The Bertz CT molecular complexity index is 878. The molecule has 31 heavy (non-hydrogen) atoms. The van der Waals surface area contributed by atoms with E-state index in [0.717, 1.165) is 42.0 Å². The maximum absolute atomic E-state index is 11.6. The fraction of sp³-hybridized carbons (Fsp3) is 0.615. The number of unbranched alkanes of at least 4 members (excludes halogenated alkanes) is 10. The van der Waals surface area contributed by atoms with E-state index in [4.69, 9.17) is 0 Å². The van der Waals surface area contributed by atoms with Crippen LogP contribution in [0.25, 0.3) is 10.8 Å². The monoisotopic (exact) mass is 470 g/mol. The summed E-state index contributed by atoms with van der Waals surface area (Å²) in [6.07, 6.45) is 16.8. The second-order valence-electron chi connectivity index (χ2n) is 8.58. The number of benzene rings is 2. The SMILES string of the molecule is CCCCCCCCc1ccc(CCCCCCCC)c2cc(S(=O)(=O)[O-])ccc12.[K+]. The first-order valence-corrected chi connectivity index (χ1v) is 13.4. The second-order valence-corrected chi connectivity index (χ2v) is 9.96. The van der Waals surface area contributed by atoms with Gasteiger partial charge in [0.05, 0.1) is 4.90 Å². The average Bonchev–Trinajstić information content (AvgIpc) is 2.73. The average molecular weight is 471 g/mol. The molecule has 0 amide bonds. The molecule has 0 aliphatic carbocycles. The molecule has 0 spiro atoms. The molecule has 3 nitrogen and oxygen atoms in total. The summed E-state index contributed by atoms with van der Waals surface area (Å²) >= 11 is 0. The van der Waals surface area contributed by atoms with E-state index in [9.17, 15) is 13.0 Å². The van der Waals surface area contributed by atoms with Crippen molar-refractivity contribution in [2.45, 2.75) is 109 Å². The summed E-state index contributed by atoms with van der Waals surface area (Å²) in [5.41, 5.74) is 2.43. The Labute approximate surface area is 233 Å². The Morgan fingerprint density at radius 1 is 0.645 bits per heavy atom. The van der Waals surface area contributed by atoms with Crippen molar-refractivity contribution >= 4 is 20.9 Å². The number of hydrogen-bond donors (Lipinski definition) is 0. The third-order valence-corrected chi connectivity index (χ3v) is 6.89. The van der Waals surface area contributed by atoms with Crippen LogP contribution < -0.4 is 51.4 Å². The molecule has 5 heteroatoms. The molecule has 2 rings (SSSR count). The minimum Gasteiger partial charge on any atom is -0.744 e. The Morgan fingerprint density at radius 3 is 1.58 bits per heavy atom. The van der Waals surface area contributed by atoms with E-state index in [1.165, 1.54) is 75.8 Å². The number of aryl methyl sites for hydroxylation is 2. The summed E-state index contributed by atoms with van der Waals surface area (Å²) in [5.74, 6) is 0. The second kappa shape index (κ2) is 16.0. The molecule has 0 heterocycles. The van der Waals surface area contributed by atoms with Crippen molar-refractivity contribution in [2.75, 3.05) is 0 Å². The topological polar surface area (TPSA) is 57.2 Å². The normalized spacial score (nSPS) is 11.6. The van der Waals surface area contributed by atoms with Gasteiger partial charge in [-0.3, -0.25) is 0 Å². The summed E-state index contributed by atoms with van der Waals surface area (Å²) in [5, 5.41) is 2.06. The van der Waals surface area contributed by atoms with Crippen molar-refractivity contribution in [1.82, 2.24) is 0 Å². The molecule has 0 unspecified atom stereocenters. The first-order valence-electron chi connectivity index (χ1n) is 12.0. The molecule has 0 fully saturated rings. The summed E-state index contributed by atoms with van der Waals surface area (Å²) in [4.78, 5) is -0.115. The summed E-state index contributed by atoms with van der Waals surface area (Å²) in [6.45, 7) is 4.45. The van der Waals surface area contributed by atoms with Crippen LogP contribution in [0, 0.1) is 0 Å². The van der Waals surface area contributed by atoms with Crippen LogP contribution in [0.3, 0.4) is 0 Å². The Balaban J connectivity index is 0.00000480. The van der Waals surface area contributed by atoms with E-state index in [2.05, 4.69) is 26.0 Å². The van der Waals surface area contributed by atoms with Gasteiger partial charge >= 0.3 is 51.4 Å². The molecular weight excluding hydrogens is 431 g/mol. The van der Waals surface area contributed by atoms with Gasteiger partial charge in [-0.25, -0.2) is 8.42 Å². The maximum atomic E-state index is 11.6. The number of rotatable bonds is 15. The van der Waals surface area contributed by atoms with Gasteiger partial charge < -0.3 is 4.55 Å². The van der Waals surface area contributed by atoms with Gasteiger partial charge in [0.25, 0.3) is 0 Å². The van der Waals surface area contributed by atoms with E-state index >= 15 is 0 Å². The zero-order chi connectivity index (χ0) is 21.8. The van der Waals surface area contributed by atoms with Gasteiger partial charge in [0.1, 0.15) is 10.1 Å². The number of fused-ring (bicyclic) bond motifs is 1. The molecule has 0 atom stereocenters. The molecule has 168 valence electrons. The van der Waals surface area contributed by atoms with Crippen LogP contribution in [0.5, 0.6) is 0 Å². The van der Waals surface area contributed by atoms with E-state index < -0.39 is 10.1 Å². The van der Waals surface area contributed by atoms with Gasteiger partial charge in [0, 0.05) is 0 Å². The van der Waals surface area contributed by atoms with Crippen LogP contribution in [0.1, 0.15) is 102 Å². The minimum atomic E-state index is -4.44. The Kier molecular flexibility index (Phi) is 15.1. The quantitative estimate of drug-likeness (QED) is 0.218. The van der Waals surface area contributed by atoms with E-state index in [0.29, 0.717) is 0 Å². The van der Waals surface area contributed by atoms with Gasteiger partial charge in [0.15, 0.2) is 0 Å². The molecule has 0 saturated carbocycles. The minimum absolute atomic E-state index is 0. The largest absolute Gasteiger partial charge is 1.00 e. The van der Waals surface area contributed by atoms with Gasteiger partial charge in [0.2, 0.25) is 0 Å². The predicted octanol–water partition coefficient (Wildman–Crippen LogP) is 4.55. The molecule has 0 saturated heterocycles. The fourth-order valence-corrected chi connectivity index (χ4v) is 4.73. The summed E-state index contributed by atoms with van der Waals surface area (Å²) < 4.78 is 34.7. The van der Waals surface area contributed by atoms with Crippen LogP contribution >= 0.6 is 0 Å². The first kappa shape index (κ1) is 29.3. The van der Waals surface area contributed by atoms with Gasteiger partial charge in [-0.05, 0) is 59.7 Å². The summed E-state index contributed by atoms with van der Waals surface area (Å²) in [6, 6.07) is 9.30. The van der Waals surface area contributed by atoms with Crippen molar-refractivity contribution < 1.29 is 64.4 Å². The Morgan fingerprint density at radius 2 is 1.10 bits per heavy atom. The summed E-state index contributed by atoms with van der Waals surface area (Å²) in [7, 11) is -4.44. The zero-order valence-electron chi connectivity index (χ0n) is 19.9.